The van der Waals surface area contributed by atoms with Gasteiger partial charge in [0.25, 0.3) is 11.8 Å². The van der Waals surface area contributed by atoms with Crippen molar-refractivity contribution in [2.75, 3.05) is 43.0 Å². The summed E-state index contributed by atoms with van der Waals surface area (Å²) in [5, 5.41) is 46.6. The number of aromatic nitrogens is 2. The number of aliphatic carboxylic acids is 1. The lowest BCUT2D eigenvalue weighted by molar-refractivity contribution is -0.145. The van der Waals surface area contributed by atoms with Crippen molar-refractivity contribution in [1.29, 1.82) is 0 Å². The molecular weight excluding hydrogens is 728 g/mol. The van der Waals surface area contributed by atoms with Gasteiger partial charge in [-0.3, -0.25) is 24.7 Å². The third-order valence-electron chi connectivity index (χ3n) is 7.35. The van der Waals surface area contributed by atoms with Crippen LogP contribution in [-0.4, -0.2) is 98.9 Å². The zero-order valence-corrected chi connectivity index (χ0v) is 30.5. The Morgan fingerprint density at radius 2 is 1.72 bits per heavy atom. The van der Waals surface area contributed by atoms with Gasteiger partial charge in [-0.2, -0.15) is 0 Å². The number of unbranched alkanes of at least 4 members (excludes halogenated alkanes) is 1. The van der Waals surface area contributed by atoms with Gasteiger partial charge >= 0.3 is 5.97 Å². The predicted molar refractivity (Wildman–Crippen MR) is 202 cm³/mol. The Labute approximate surface area is 316 Å². The number of nitrogens with zero attached hydrogens (tertiary/aromatic N) is 3. The lowest BCUT2D eigenvalue weighted by Crippen LogP contribution is -2.38. The third-order valence-corrected chi connectivity index (χ3v) is 7.63. The van der Waals surface area contributed by atoms with E-state index in [-0.39, 0.29) is 65.0 Å². The molecule has 0 fully saturated rings. The molecule has 20 heteroatoms. The SMILES string of the molecule is C[C@@H](O)C(=O)O.C[C@H](CCNC(=O)COc1ccc(CCCCN=C(N)NC(=O)c2nc(Cl)c(N)nc2N)cc1)NC[C@H](O)c1ccc(O)c(NC=O)c1. The Morgan fingerprint density at radius 1 is 1.04 bits per heavy atom. The quantitative estimate of drug-likeness (QED) is 0.0262. The van der Waals surface area contributed by atoms with Gasteiger partial charge in [-0.05, 0) is 74.9 Å². The molecule has 0 aliphatic carbocycles. The molecule has 3 amide bonds. The molecule has 1 heterocycles. The number of hydrogen-bond acceptors (Lipinski definition) is 14. The second kappa shape index (κ2) is 23.0. The van der Waals surface area contributed by atoms with Gasteiger partial charge in [0.1, 0.15) is 17.6 Å². The van der Waals surface area contributed by atoms with E-state index in [9.17, 15) is 29.4 Å². The van der Waals surface area contributed by atoms with E-state index in [2.05, 4.69) is 36.2 Å². The number of guanidine groups is 1. The number of hydrogen-bond donors (Lipinski definition) is 11. The van der Waals surface area contributed by atoms with Gasteiger partial charge in [-0.1, -0.05) is 29.8 Å². The molecule has 294 valence electrons. The Morgan fingerprint density at radius 3 is 2.37 bits per heavy atom. The Balaban J connectivity index is 0.00000155. The standard InChI is InChI=1S/C31H41ClN10O6.C3H6O3/c1-18(38-15-24(45)20-7-10-23(44)22(14-20)39-17-43)11-13-36-25(46)16-48-21-8-5-19(6-9-21)4-2-3-12-37-31(35)42-30(47)26-28(33)41-29(34)27(32)40-26;1-2(4)3(5)6/h5-10,14,17-18,24,38,44-45H,2-4,11-13,15-16H2,1H3,(H,36,46)(H,39,43)(H4,33,34,41)(H3,35,37,42,47);2,4H,1H3,(H,5,6)/t18-,24+;2-/m11/s1. The van der Waals surface area contributed by atoms with Gasteiger partial charge in [0.05, 0.1) is 11.8 Å². The average molecular weight is 775 g/mol. The normalized spacial score (nSPS) is 12.6. The third kappa shape index (κ3) is 16.3. The van der Waals surface area contributed by atoms with Gasteiger partial charge in [-0.15, -0.1) is 0 Å². The van der Waals surface area contributed by atoms with E-state index in [1.165, 1.54) is 19.1 Å². The van der Waals surface area contributed by atoms with Crippen molar-refractivity contribution in [3.63, 3.8) is 0 Å². The molecule has 3 atom stereocenters. The van der Waals surface area contributed by atoms with Gasteiger partial charge < -0.3 is 58.3 Å². The summed E-state index contributed by atoms with van der Waals surface area (Å²) in [4.78, 5) is 56.4. The first-order chi connectivity index (χ1) is 25.6. The molecule has 0 unspecified atom stereocenters. The number of aryl methyl sites for hydroxylation is 1. The summed E-state index contributed by atoms with van der Waals surface area (Å²) in [6.45, 7) is 4.06. The number of carbonyl (C=O) groups excluding carboxylic acids is 3. The fourth-order valence-electron chi connectivity index (χ4n) is 4.32. The summed E-state index contributed by atoms with van der Waals surface area (Å²) in [6, 6.07) is 11.9. The maximum atomic E-state index is 12.3. The van der Waals surface area contributed by atoms with Crippen molar-refractivity contribution in [2.45, 2.75) is 57.8 Å². The highest BCUT2D eigenvalue weighted by molar-refractivity contribution is 6.31. The maximum absolute atomic E-state index is 12.3. The molecule has 54 heavy (non-hydrogen) atoms. The summed E-state index contributed by atoms with van der Waals surface area (Å²) in [5.74, 6) is -2.00. The Hall–Kier alpha value is -5.76. The fourth-order valence-corrected chi connectivity index (χ4v) is 4.44. The summed E-state index contributed by atoms with van der Waals surface area (Å²) >= 11 is 5.80. The van der Waals surface area contributed by atoms with Crippen LogP contribution < -0.4 is 43.2 Å². The summed E-state index contributed by atoms with van der Waals surface area (Å²) < 4.78 is 5.60. The number of phenolic OH excluding ortho intramolecular Hbond substituents is 1. The van der Waals surface area contributed by atoms with Crippen LogP contribution in [0.25, 0.3) is 0 Å². The fraction of sp³-hybridized carbons (Fsp3) is 0.382. The molecule has 1 aromatic heterocycles. The van der Waals surface area contributed by atoms with Crippen LogP contribution in [0, 0.1) is 0 Å². The number of carboxylic acids is 1. The summed E-state index contributed by atoms with van der Waals surface area (Å²) in [6.07, 6.45) is 1.32. The molecule has 0 saturated carbocycles. The van der Waals surface area contributed by atoms with Crippen LogP contribution >= 0.6 is 11.6 Å². The van der Waals surface area contributed by atoms with Crippen molar-refractivity contribution in [3.05, 3.63) is 64.4 Å². The molecule has 0 spiro atoms. The van der Waals surface area contributed by atoms with E-state index in [1.54, 1.807) is 18.2 Å². The van der Waals surface area contributed by atoms with E-state index < -0.39 is 24.1 Å². The molecule has 19 nitrogen and oxygen atoms in total. The van der Waals surface area contributed by atoms with Gasteiger partial charge in [0.15, 0.2) is 35.0 Å². The van der Waals surface area contributed by atoms with Gasteiger partial charge in [0, 0.05) is 25.7 Å². The topological polar surface area (TPSA) is 323 Å². The van der Waals surface area contributed by atoms with Gasteiger partial charge in [-0.25, -0.2) is 14.8 Å². The summed E-state index contributed by atoms with van der Waals surface area (Å²) in [5.41, 5.74) is 18.6. The number of aliphatic imine (C=N–C) groups is 1. The minimum Gasteiger partial charge on any atom is -0.506 e. The van der Waals surface area contributed by atoms with Crippen LogP contribution in [0.3, 0.4) is 0 Å². The lowest BCUT2D eigenvalue weighted by Gasteiger charge is -2.18. The largest absolute Gasteiger partial charge is 0.506 e. The molecule has 3 aromatic rings. The van der Waals surface area contributed by atoms with E-state index in [1.807, 2.05) is 19.1 Å². The number of carbonyl (C=O) groups is 4. The van der Waals surface area contributed by atoms with Crippen molar-refractivity contribution < 1.29 is 44.3 Å². The second-order valence-corrected chi connectivity index (χ2v) is 12.1. The van der Waals surface area contributed by atoms with Crippen molar-refractivity contribution in [1.82, 2.24) is 25.9 Å². The number of halogens is 1. The number of aliphatic hydroxyl groups is 2. The number of carboxylic acid groups (broad SMARTS) is 1. The van der Waals surface area contributed by atoms with Crippen molar-refractivity contribution in [3.8, 4) is 11.5 Å². The number of rotatable bonds is 19. The van der Waals surface area contributed by atoms with E-state index in [0.717, 1.165) is 24.8 Å². The number of phenols is 1. The first-order valence-electron chi connectivity index (χ1n) is 16.6. The molecule has 14 N–H and O–H groups in total. The number of amides is 3. The lowest BCUT2D eigenvalue weighted by atomic mass is 10.1. The van der Waals surface area contributed by atoms with E-state index >= 15 is 0 Å². The molecule has 0 bridgehead atoms. The number of nitrogens with two attached hydrogens (primary N) is 3. The molecule has 0 radical (unpaired) electrons. The number of nitrogen functional groups attached to an aromatic ring is 2. The minimum absolute atomic E-state index is 0.00120. The maximum Gasteiger partial charge on any atom is 0.332 e. The zero-order chi connectivity index (χ0) is 40.2. The average Bonchev–Trinajstić information content (AvgIpc) is 3.12. The molecule has 0 saturated heterocycles. The van der Waals surface area contributed by atoms with E-state index in [4.69, 9.17) is 43.8 Å². The minimum atomic E-state index is -1.23. The molecular formula is C34H47ClN10O9. The first-order valence-corrected chi connectivity index (χ1v) is 17.0. The first kappa shape index (κ1) is 44.4. The number of benzene rings is 2. The van der Waals surface area contributed by atoms with Crippen LogP contribution in [0.2, 0.25) is 5.15 Å². The van der Waals surface area contributed by atoms with Crippen molar-refractivity contribution >= 4 is 59.1 Å². The van der Waals surface area contributed by atoms with Crippen molar-refractivity contribution in [2.24, 2.45) is 10.7 Å². The number of anilines is 3. The number of ether oxygens (including phenoxy) is 1. The van der Waals surface area contributed by atoms with Crippen LogP contribution in [0.1, 0.15) is 60.8 Å². The molecule has 0 aliphatic rings. The number of aliphatic hydroxyl groups excluding tert-OH is 2. The predicted octanol–water partition coefficient (Wildman–Crippen LogP) is 0.684. The van der Waals surface area contributed by atoms with Gasteiger partial charge in [0.2, 0.25) is 6.41 Å². The Kier molecular flexibility index (Phi) is 18.9. The smallest absolute Gasteiger partial charge is 0.332 e. The highest BCUT2D eigenvalue weighted by Crippen LogP contribution is 2.26. The van der Waals surface area contributed by atoms with Crippen LogP contribution in [0.15, 0.2) is 47.5 Å². The molecule has 2 aromatic carbocycles. The van der Waals surface area contributed by atoms with E-state index in [0.29, 0.717) is 37.2 Å². The van der Waals surface area contributed by atoms with Crippen LogP contribution in [-0.2, 0) is 20.8 Å². The highest BCUT2D eigenvalue weighted by atomic mass is 35.5. The number of aromatic hydroxyl groups is 1. The monoisotopic (exact) mass is 774 g/mol. The second-order valence-electron chi connectivity index (χ2n) is 11.8. The molecule has 3 rings (SSSR count). The summed E-state index contributed by atoms with van der Waals surface area (Å²) in [7, 11) is 0. The van der Waals surface area contributed by atoms with Crippen LogP contribution in [0.5, 0.6) is 11.5 Å². The number of nitrogens with one attached hydrogen (secondary N) is 4. The molecule has 0 aliphatic heterocycles. The highest BCUT2D eigenvalue weighted by Gasteiger charge is 2.17. The zero-order valence-electron chi connectivity index (χ0n) is 29.8. The van der Waals surface area contributed by atoms with Crippen LogP contribution in [0.4, 0.5) is 17.3 Å². The Bertz CT molecular complexity index is 1730.